The number of cyclic esters (lactones) is 1. The Labute approximate surface area is 250 Å². The Morgan fingerprint density at radius 1 is 0.905 bits per heavy atom. The molecule has 9 nitrogen and oxygen atoms in total. The SMILES string of the molecule is CC(C)(C)OC(=O)ON1[C@H](c2ccccc2)[C@H](c2ccccc2)OC(=O)[C@H]1C1CCN(C(=O)OCC[Si](C)(C)C)CC1. The van der Waals surface area contributed by atoms with Gasteiger partial charge in [0.1, 0.15) is 23.8 Å². The molecule has 2 aliphatic heterocycles. The summed E-state index contributed by atoms with van der Waals surface area (Å²) < 4.78 is 17.2. The Kier molecular flexibility index (Phi) is 9.99. The fourth-order valence-electron chi connectivity index (χ4n) is 5.34. The number of nitrogens with zero attached hydrogens (tertiary/aromatic N) is 2. The lowest BCUT2D eigenvalue weighted by Crippen LogP contribution is -2.57. The summed E-state index contributed by atoms with van der Waals surface area (Å²) in [5.41, 5.74) is 0.827. The standard InChI is InChI=1S/C32H44N2O7Si/c1-32(2,3)40-31(37)41-34-26(23-13-9-7-10-14-23)28(25-15-11-8-12-16-25)39-29(35)27(34)24-17-19-33(20-18-24)30(36)38-21-22-42(4,5)6/h7-16,24,26-28H,17-22H2,1-6H3/t26-,27-,28+/m1/s1. The average Bonchev–Trinajstić information content (AvgIpc) is 2.92. The molecule has 0 N–H and O–H groups in total. The molecular formula is C32H44N2O7Si. The third kappa shape index (κ3) is 8.35. The van der Waals surface area contributed by atoms with Gasteiger partial charge in [0, 0.05) is 21.2 Å². The van der Waals surface area contributed by atoms with Gasteiger partial charge in [0.25, 0.3) is 0 Å². The molecule has 228 valence electrons. The van der Waals surface area contributed by atoms with Gasteiger partial charge < -0.3 is 23.9 Å². The molecular weight excluding hydrogens is 552 g/mol. The summed E-state index contributed by atoms with van der Waals surface area (Å²) in [6, 6.07) is 18.4. The van der Waals surface area contributed by atoms with E-state index >= 15 is 0 Å². The molecule has 2 aromatic rings. The lowest BCUT2D eigenvalue weighted by atomic mass is 9.85. The third-order valence-corrected chi connectivity index (χ3v) is 9.18. The topological polar surface area (TPSA) is 94.6 Å². The molecule has 3 atom stereocenters. The first-order valence-corrected chi connectivity index (χ1v) is 18.4. The predicted molar refractivity (Wildman–Crippen MR) is 161 cm³/mol. The van der Waals surface area contributed by atoms with E-state index in [1.54, 1.807) is 25.7 Å². The summed E-state index contributed by atoms with van der Waals surface area (Å²) in [5, 5.41) is 1.49. The molecule has 0 spiro atoms. The number of hydrogen-bond acceptors (Lipinski definition) is 8. The van der Waals surface area contributed by atoms with Crippen LogP contribution in [0.3, 0.4) is 0 Å². The van der Waals surface area contributed by atoms with Crippen LogP contribution in [0.5, 0.6) is 0 Å². The van der Waals surface area contributed by atoms with Crippen molar-refractivity contribution in [2.45, 2.75) is 83.1 Å². The lowest BCUT2D eigenvalue weighted by Gasteiger charge is -2.47. The molecule has 10 heteroatoms. The number of esters is 1. The zero-order valence-corrected chi connectivity index (χ0v) is 26.6. The van der Waals surface area contributed by atoms with Gasteiger partial charge in [-0.15, -0.1) is 5.06 Å². The summed E-state index contributed by atoms with van der Waals surface area (Å²) in [6.07, 6.45) is -0.894. The Bertz CT molecular complexity index is 1200. The molecule has 0 unspecified atom stereocenters. The number of hydrogen-bond donors (Lipinski definition) is 0. The van der Waals surface area contributed by atoms with E-state index < -0.39 is 44.0 Å². The maximum absolute atomic E-state index is 13.8. The molecule has 0 radical (unpaired) electrons. The van der Waals surface area contributed by atoms with Crippen LogP contribution in [-0.4, -0.2) is 67.6 Å². The Morgan fingerprint density at radius 3 is 2.02 bits per heavy atom. The lowest BCUT2D eigenvalue weighted by molar-refractivity contribution is -0.256. The second-order valence-electron chi connectivity index (χ2n) is 13.2. The van der Waals surface area contributed by atoms with E-state index in [2.05, 4.69) is 19.6 Å². The van der Waals surface area contributed by atoms with Crippen LogP contribution >= 0.6 is 0 Å². The number of carbonyl (C=O) groups excluding carboxylic acids is 3. The van der Waals surface area contributed by atoms with Gasteiger partial charge in [0.15, 0.2) is 0 Å². The van der Waals surface area contributed by atoms with Crippen molar-refractivity contribution in [2.24, 2.45) is 5.92 Å². The fraction of sp³-hybridized carbons (Fsp3) is 0.531. The molecule has 2 saturated heterocycles. The van der Waals surface area contributed by atoms with Crippen molar-refractivity contribution in [3.63, 3.8) is 0 Å². The maximum atomic E-state index is 13.8. The van der Waals surface area contributed by atoms with Crippen molar-refractivity contribution in [1.29, 1.82) is 0 Å². The monoisotopic (exact) mass is 596 g/mol. The highest BCUT2D eigenvalue weighted by Crippen LogP contribution is 2.45. The Balaban J connectivity index is 1.60. The Hall–Kier alpha value is -3.37. The number of carbonyl (C=O) groups is 3. The average molecular weight is 597 g/mol. The van der Waals surface area contributed by atoms with Crippen LogP contribution in [0.4, 0.5) is 9.59 Å². The number of rotatable bonds is 7. The fourth-order valence-corrected chi connectivity index (χ4v) is 6.05. The summed E-state index contributed by atoms with van der Waals surface area (Å²) >= 11 is 0. The van der Waals surface area contributed by atoms with Gasteiger partial charge in [-0.3, -0.25) is 4.79 Å². The van der Waals surface area contributed by atoms with Gasteiger partial charge >= 0.3 is 18.2 Å². The largest absolute Gasteiger partial charge is 0.528 e. The van der Waals surface area contributed by atoms with Gasteiger partial charge in [0.2, 0.25) is 0 Å². The highest BCUT2D eigenvalue weighted by atomic mass is 28.3. The molecule has 0 aliphatic carbocycles. The van der Waals surface area contributed by atoms with Crippen molar-refractivity contribution in [2.75, 3.05) is 19.7 Å². The molecule has 42 heavy (non-hydrogen) atoms. The minimum Gasteiger partial charge on any atom is -0.454 e. The highest BCUT2D eigenvalue weighted by Gasteiger charge is 2.51. The van der Waals surface area contributed by atoms with Crippen molar-refractivity contribution in [1.82, 2.24) is 9.96 Å². The van der Waals surface area contributed by atoms with Crippen molar-refractivity contribution >= 4 is 26.3 Å². The second kappa shape index (κ2) is 13.3. The van der Waals surface area contributed by atoms with Gasteiger partial charge in [-0.2, -0.15) is 0 Å². The highest BCUT2D eigenvalue weighted by molar-refractivity contribution is 6.76. The molecule has 1 amide bonds. The van der Waals surface area contributed by atoms with Crippen molar-refractivity contribution in [3.05, 3.63) is 71.8 Å². The first-order chi connectivity index (χ1) is 19.8. The van der Waals surface area contributed by atoms with E-state index in [0.29, 0.717) is 32.5 Å². The van der Waals surface area contributed by atoms with E-state index in [1.165, 1.54) is 5.06 Å². The molecule has 2 aliphatic rings. The number of likely N-dealkylation sites (tertiary alicyclic amines) is 1. The van der Waals surface area contributed by atoms with E-state index in [-0.39, 0.29) is 12.0 Å². The molecule has 4 rings (SSSR count). The molecule has 2 heterocycles. The normalized spacial score (nSPS) is 22.3. The van der Waals surface area contributed by atoms with Crippen molar-refractivity contribution in [3.8, 4) is 0 Å². The predicted octanol–water partition coefficient (Wildman–Crippen LogP) is 6.75. The van der Waals surface area contributed by atoms with Gasteiger partial charge in [0.05, 0.1) is 6.61 Å². The number of hydroxylamine groups is 2. The first kappa shape index (κ1) is 31.6. The number of amides is 1. The Morgan fingerprint density at radius 2 is 1.48 bits per heavy atom. The maximum Gasteiger partial charge on any atom is 0.528 e. The van der Waals surface area contributed by atoms with Crippen LogP contribution < -0.4 is 0 Å². The first-order valence-electron chi connectivity index (χ1n) is 14.7. The molecule has 0 saturated carbocycles. The number of piperidine rings is 1. The number of ether oxygens (including phenoxy) is 3. The van der Waals surface area contributed by atoms with Crippen LogP contribution in [-0.2, 0) is 23.8 Å². The number of benzene rings is 2. The minimum atomic E-state index is -1.32. The molecule has 2 aromatic carbocycles. The molecule has 2 fully saturated rings. The van der Waals surface area contributed by atoms with Crippen molar-refractivity contribution < 1.29 is 33.4 Å². The van der Waals surface area contributed by atoms with Gasteiger partial charge in [-0.25, -0.2) is 9.59 Å². The van der Waals surface area contributed by atoms with E-state index in [9.17, 15) is 14.4 Å². The zero-order chi connectivity index (χ0) is 30.5. The summed E-state index contributed by atoms with van der Waals surface area (Å²) in [5.74, 6) is -0.704. The van der Waals surface area contributed by atoms with E-state index in [1.807, 2.05) is 60.7 Å². The number of morpholine rings is 1. The molecule has 0 bridgehead atoms. The zero-order valence-electron chi connectivity index (χ0n) is 25.6. The second-order valence-corrected chi connectivity index (χ2v) is 18.9. The van der Waals surface area contributed by atoms with E-state index in [0.717, 1.165) is 17.2 Å². The third-order valence-electron chi connectivity index (χ3n) is 7.48. The minimum absolute atomic E-state index is 0.228. The quantitative estimate of drug-likeness (QED) is 0.197. The van der Waals surface area contributed by atoms with Crippen LogP contribution in [0.2, 0.25) is 25.7 Å². The van der Waals surface area contributed by atoms with Crippen LogP contribution in [0.15, 0.2) is 60.7 Å². The summed E-state index contributed by atoms with van der Waals surface area (Å²) in [7, 11) is -1.32. The van der Waals surface area contributed by atoms with Crippen LogP contribution in [0.25, 0.3) is 0 Å². The van der Waals surface area contributed by atoms with Gasteiger partial charge in [-0.05, 0) is 56.7 Å². The molecule has 0 aromatic heterocycles. The van der Waals surface area contributed by atoms with E-state index in [4.69, 9.17) is 19.0 Å². The summed E-state index contributed by atoms with van der Waals surface area (Å²) in [6.45, 7) is 13.3. The van der Waals surface area contributed by atoms with Crippen LogP contribution in [0.1, 0.15) is 56.9 Å². The smallest absolute Gasteiger partial charge is 0.454 e. The summed E-state index contributed by atoms with van der Waals surface area (Å²) in [4.78, 5) is 47.3. The van der Waals surface area contributed by atoms with Crippen LogP contribution in [0, 0.1) is 5.92 Å². The van der Waals surface area contributed by atoms with Gasteiger partial charge in [-0.1, -0.05) is 80.3 Å².